The van der Waals surface area contributed by atoms with Crippen LogP contribution in [0.25, 0.3) is 0 Å². The van der Waals surface area contributed by atoms with Crippen LogP contribution in [-0.2, 0) is 9.53 Å². The normalized spacial score (nSPS) is 23.9. The third kappa shape index (κ3) is 2.84. The van der Waals surface area contributed by atoms with Gasteiger partial charge in [-0.2, -0.15) is 0 Å². The number of methoxy groups -OCH3 is 1. The van der Waals surface area contributed by atoms with E-state index in [0.29, 0.717) is 10.0 Å². The number of halogens is 1. The van der Waals surface area contributed by atoms with Crippen LogP contribution in [0, 0.1) is 5.82 Å². The molecule has 2 atom stereocenters. The number of hydrogen-bond donors (Lipinski definition) is 0. The molecule has 0 amide bonds. The van der Waals surface area contributed by atoms with Crippen LogP contribution in [0.3, 0.4) is 0 Å². The molecule has 19 heavy (non-hydrogen) atoms. The molecular formula is C15H19FNO2+. The molecule has 1 aromatic rings. The quantitative estimate of drug-likeness (QED) is 0.476. The van der Waals surface area contributed by atoms with Crippen molar-refractivity contribution in [2.24, 2.45) is 0 Å². The molecule has 0 aromatic heterocycles. The molecular weight excluding hydrogens is 245 g/mol. The molecule has 0 N–H and O–H groups in total. The lowest BCUT2D eigenvalue weighted by atomic mass is 10.0. The first-order chi connectivity index (χ1) is 9.07. The van der Waals surface area contributed by atoms with Crippen LogP contribution in [0.5, 0.6) is 0 Å². The van der Waals surface area contributed by atoms with Crippen LogP contribution in [0.4, 0.5) is 4.39 Å². The Morgan fingerprint density at radius 1 is 1.42 bits per heavy atom. The second kappa shape index (κ2) is 5.53. The minimum Gasteiger partial charge on any atom is -0.464 e. The average Bonchev–Trinajstić information content (AvgIpc) is 2.39. The summed E-state index contributed by atoms with van der Waals surface area (Å²) >= 11 is 0. The monoisotopic (exact) mass is 264 g/mol. The third-order valence-electron chi connectivity index (χ3n) is 3.71. The molecule has 1 aromatic carbocycles. The fraction of sp³-hybridized carbons (Fsp3) is 0.400. The summed E-state index contributed by atoms with van der Waals surface area (Å²) in [6.07, 6.45) is 5.10. The molecule has 102 valence electrons. The summed E-state index contributed by atoms with van der Waals surface area (Å²) in [7, 11) is 3.39. The maximum atomic E-state index is 13.4. The number of esters is 1. The van der Waals surface area contributed by atoms with Gasteiger partial charge < -0.3 is 9.22 Å². The van der Waals surface area contributed by atoms with Crippen molar-refractivity contribution in [1.82, 2.24) is 0 Å². The van der Waals surface area contributed by atoms with Crippen molar-refractivity contribution in [2.75, 3.05) is 27.2 Å². The molecule has 0 fully saturated rings. The molecule has 0 saturated carbocycles. The van der Waals surface area contributed by atoms with Gasteiger partial charge in [-0.15, -0.1) is 0 Å². The van der Waals surface area contributed by atoms with Crippen LogP contribution in [0.15, 0.2) is 36.4 Å². The lowest BCUT2D eigenvalue weighted by molar-refractivity contribution is -0.926. The van der Waals surface area contributed by atoms with E-state index in [1.807, 2.05) is 7.05 Å². The topological polar surface area (TPSA) is 26.3 Å². The average molecular weight is 264 g/mol. The predicted molar refractivity (Wildman–Crippen MR) is 70.8 cm³/mol. The Hall–Kier alpha value is -1.68. The van der Waals surface area contributed by atoms with Gasteiger partial charge in [0.05, 0.1) is 27.2 Å². The number of quaternary nitrogens is 1. The molecule has 2 unspecified atom stereocenters. The molecule has 1 heterocycles. The van der Waals surface area contributed by atoms with Gasteiger partial charge in [0.15, 0.2) is 0 Å². The number of carbonyl (C=O) groups excluding carboxylic acids is 1. The Morgan fingerprint density at radius 2 is 2.21 bits per heavy atom. The highest BCUT2D eigenvalue weighted by atomic mass is 19.1. The van der Waals surface area contributed by atoms with E-state index in [2.05, 4.69) is 12.2 Å². The van der Waals surface area contributed by atoms with Gasteiger partial charge in [-0.05, 0) is 18.2 Å². The first-order valence-electron chi connectivity index (χ1n) is 6.39. The van der Waals surface area contributed by atoms with Crippen molar-refractivity contribution >= 4 is 5.97 Å². The fourth-order valence-electron chi connectivity index (χ4n) is 2.67. The molecule has 3 nitrogen and oxygen atoms in total. The van der Waals surface area contributed by atoms with Gasteiger partial charge in [0.1, 0.15) is 5.82 Å². The highest BCUT2D eigenvalue weighted by molar-refractivity contribution is 5.76. The van der Waals surface area contributed by atoms with Gasteiger partial charge in [-0.25, -0.2) is 9.18 Å². The highest BCUT2D eigenvalue weighted by Gasteiger charge is 2.40. The fourth-order valence-corrected chi connectivity index (χ4v) is 2.67. The zero-order valence-corrected chi connectivity index (χ0v) is 11.3. The van der Waals surface area contributed by atoms with Gasteiger partial charge in [-0.1, -0.05) is 18.2 Å². The van der Waals surface area contributed by atoms with Gasteiger partial charge in [-0.3, -0.25) is 0 Å². The van der Waals surface area contributed by atoms with E-state index in [1.54, 1.807) is 12.1 Å². The summed E-state index contributed by atoms with van der Waals surface area (Å²) in [6, 6.07) is 5.74. The standard InChI is InChI=1S/C15H19FNO2/c1-17(9-4-3-5-10-17)14(15(18)19-2)12-7-6-8-13(16)11-12/h3-4,6-8,11,14H,5,9-10H2,1-2H3/q+1. The van der Waals surface area contributed by atoms with Crippen molar-refractivity contribution in [3.05, 3.63) is 47.8 Å². The molecule has 1 aliphatic rings. The second-order valence-electron chi connectivity index (χ2n) is 5.13. The van der Waals surface area contributed by atoms with E-state index >= 15 is 0 Å². The smallest absolute Gasteiger partial charge is 0.369 e. The number of likely N-dealkylation sites (N-methyl/N-ethyl adjacent to an activating group) is 1. The van der Waals surface area contributed by atoms with Crippen LogP contribution < -0.4 is 0 Å². The summed E-state index contributed by atoms with van der Waals surface area (Å²) in [5, 5.41) is 0. The molecule has 4 heteroatoms. The second-order valence-corrected chi connectivity index (χ2v) is 5.13. The van der Waals surface area contributed by atoms with Gasteiger partial charge in [0, 0.05) is 12.0 Å². The molecule has 0 saturated heterocycles. The predicted octanol–water partition coefficient (Wildman–Crippen LogP) is 2.45. The van der Waals surface area contributed by atoms with Crippen molar-refractivity contribution < 1.29 is 18.4 Å². The summed E-state index contributed by atoms with van der Waals surface area (Å²) in [6.45, 7) is 1.59. The van der Waals surface area contributed by atoms with Crippen molar-refractivity contribution in [1.29, 1.82) is 0 Å². The van der Waals surface area contributed by atoms with Crippen molar-refractivity contribution in [2.45, 2.75) is 12.5 Å². The minimum atomic E-state index is -0.481. The molecule has 0 aliphatic carbocycles. The van der Waals surface area contributed by atoms with Gasteiger partial charge >= 0.3 is 5.97 Å². The summed E-state index contributed by atoms with van der Waals surface area (Å²) in [5.41, 5.74) is 0.671. The maximum absolute atomic E-state index is 13.4. The Balaban J connectivity index is 2.41. The van der Waals surface area contributed by atoms with E-state index in [1.165, 1.54) is 19.2 Å². The first-order valence-corrected chi connectivity index (χ1v) is 6.39. The minimum absolute atomic E-state index is 0.316. The number of carbonyl (C=O) groups is 1. The SMILES string of the molecule is COC(=O)C(c1cccc(F)c1)[N+]1(C)CC=CCC1. The van der Waals surface area contributed by atoms with Crippen LogP contribution in [0.2, 0.25) is 0 Å². The zero-order chi connectivity index (χ0) is 13.9. The third-order valence-corrected chi connectivity index (χ3v) is 3.71. The van der Waals surface area contributed by atoms with E-state index in [9.17, 15) is 9.18 Å². The highest BCUT2D eigenvalue weighted by Crippen LogP contribution is 2.30. The van der Waals surface area contributed by atoms with Crippen molar-refractivity contribution in [3.8, 4) is 0 Å². The molecule has 0 radical (unpaired) electrons. The Bertz CT molecular complexity index is 501. The number of ether oxygens (including phenoxy) is 1. The van der Waals surface area contributed by atoms with E-state index in [-0.39, 0.29) is 11.8 Å². The van der Waals surface area contributed by atoms with Crippen LogP contribution >= 0.6 is 0 Å². The summed E-state index contributed by atoms with van der Waals surface area (Å²) < 4.78 is 18.9. The number of hydrogen-bond acceptors (Lipinski definition) is 2. The molecule has 2 rings (SSSR count). The Morgan fingerprint density at radius 3 is 2.79 bits per heavy atom. The maximum Gasteiger partial charge on any atom is 0.369 e. The van der Waals surface area contributed by atoms with Crippen molar-refractivity contribution in [3.63, 3.8) is 0 Å². The molecule has 1 aliphatic heterocycles. The van der Waals surface area contributed by atoms with Crippen LogP contribution in [0.1, 0.15) is 18.0 Å². The summed E-state index contributed by atoms with van der Waals surface area (Å²) in [5.74, 6) is -0.644. The number of benzene rings is 1. The lowest BCUT2D eigenvalue weighted by Crippen LogP contribution is -2.52. The van der Waals surface area contributed by atoms with E-state index < -0.39 is 6.04 Å². The first kappa shape index (κ1) is 13.7. The van der Waals surface area contributed by atoms with Gasteiger partial charge in [0.25, 0.3) is 0 Å². The molecule has 0 bridgehead atoms. The Labute approximate surface area is 112 Å². The van der Waals surface area contributed by atoms with Crippen LogP contribution in [-0.4, -0.2) is 37.7 Å². The van der Waals surface area contributed by atoms with E-state index in [0.717, 1.165) is 19.5 Å². The molecule has 0 spiro atoms. The van der Waals surface area contributed by atoms with E-state index in [4.69, 9.17) is 4.74 Å². The number of rotatable bonds is 3. The lowest BCUT2D eigenvalue weighted by Gasteiger charge is -2.40. The largest absolute Gasteiger partial charge is 0.464 e. The summed E-state index contributed by atoms with van der Waals surface area (Å²) in [4.78, 5) is 12.1. The zero-order valence-electron chi connectivity index (χ0n) is 11.3. The van der Waals surface area contributed by atoms with Gasteiger partial charge in [0.2, 0.25) is 6.04 Å². The Kier molecular flexibility index (Phi) is 4.00. The number of nitrogens with zero attached hydrogens (tertiary/aromatic N) is 1.